The Kier molecular flexibility index (Phi) is 17.3. The smallest absolute Gasteiger partial charge is 0.410 e. The van der Waals surface area contributed by atoms with Crippen LogP contribution >= 0.6 is 23.2 Å². The van der Waals surface area contributed by atoms with Crippen molar-refractivity contribution in [2.24, 2.45) is 0 Å². The predicted molar refractivity (Wildman–Crippen MR) is 225 cm³/mol. The van der Waals surface area contributed by atoms with E-state index in [-0.39, 0.29) is 24.3 Å². The van der Waals surface area contributed by atoms with Gasteiger partial charge < -0.3 is 24.4 Å². The van der Waals surface area contributed by atoms with E-state index in [1.807, 2.05) is 49.9 Å². The number of nitrogens with one attached hydrogen (secondary N) is 1. The SMILES string of the molecule is CS(=O)C[C@H]1CN(C2CCN(C(=O)OC(C)(C)C)CC2)[C@@H](Cc2ccc(Cl)cc2)CO1.CS(=O)C[C@H]1CN(C2CCNCC2)[C@@H](Cc2ccc(Cl)cc2)CO1. The number of amides is 1. The largest absolute Gasteiger partial charge is 0.444 e. The lowest BCUT2D eigenvalue weighted by atomic mass is 9.96. The molecular formula is C41H62Cl2N4O6S2. The molecule has 2 aromatic rings. The molecule has 1 N–H and O–H groups in total. The van der Waals surface area contributed by atoms with Gasteiger partial charge in [-0.3, -0.25) is 18.2 Å². The molecule has 4 saturated heterocycles. The molecule has 0 spiro atoms. The van der Waals surface area contributed by atoms with Crippen LogP contribution in [-0.2, 0) is 48.7 Å². The van der Waals surface area contributed by atoms with Gasteiger partial charge in [-0.2, -0.15) is 0 Å². The molecular weight excluding hydrogens is 780 g/mol. The third-order valence-electron chi connectivity index (χ3n) is 10.8. The van der Waals surface area contributed by atoms with Crippen LogP contribution in [0.2, 0.25) is 10.0 Å². The number of ether oxygens (including phenoxy) is 3. The van der Waals surface area contributed by atoms with Crippen LogP contribution in [0.1, 0.15) is 57.6 Å². The van der Waals surface area contributed by atoms with Crippen LogP contribution in [0.25, 0.3) is 0 Å². The van der Waals surface area contributed by atoms with Crippen LogP contribution in [0, 0.1) is 0 Å². The highest BCUT2D eigenvalue weighted by Crippen LogP contribution is 2.27. The van der Waals surface area contributed by atoms with Crippen LogP contribution in [-0.4, -0.2) is 148 Å². The first-order chi connectivity index (χ1) is 26.2. The molecule has 0 bridgehead atoms. The molecule has 0 saturated carbocycles. The van der Waals surface area contributed by atoms with Gasteiger partial charge in [0.05, 0.1) is 36.9 Å². The fourth-order valence-corrected chi connectivity index (χ4v) is 9.86. The zero-order valence-corrected chi connectivity index (χ0v) is 36.4. The molecule has 2 aromatic carbocycles. The van der Waals surface area contributed by atoms with Gasteiger partial charge in [-0.15, -0.1) is 0 Å². The van der Waals surface area contributed by atoms with Gasteiger partial charge in [-0.1, -0.05) is 47.5 Å². The van der Waals surface area contributed by atoms with Gasteiger partial charge in [0.1, 0.15) is 5.60 Å². The highest BCUT2D eigenvalue weighted by Gasteiger charge is 2.38. The highest BCUT2D eigenvalue weighted by molar-refractivity contribution is 7.84. The van der Waals surface area contributed by atoms with Crippen molar-refractivity contribution in [1.82, 2.24) is 20.0 Å². The maximum absolute atomic E-state index is 12.4. The molecule has 4 heterocycles. The summed E-state index contributed by atoms with van der Waals surface area (Å²) in [5.74, 6) is 1.19. The third-order valence-corrected chi connectivity index (χ3v) is 13.0. The van der Waals surface area contributed by atoms with E-state index in [1.165, 1.54) is 24.0 Å². The number of hydrogen-bond donors (Lipinski definition) is 1. The fourth-order valence-electron chi connectivity index (χ4n) is 8.16. The lowest BCUT2D eigenvalue weighted by molar-refractivity contribution is -0.0783. The van der Waals surface area contributed by atoms with E-state index < -0.39 is 27.2 Å². The summed E-state index contributed by atoms with van der Waals surface area (Å²) in [6.45, 7) is 12.2. The maximum atomic E-state index is 12.4. The number of carbonyl (C=O) groups excluding carboxylic acids is 1. The van der Waals surface area contributed by atoms with Gasteiger partial charge in [0.2, 0.25) is 0 Å². The van der Waals surface area contributed by atoms with Crippen molar-refractivity contribution in [2.45, 2.75) is 101 Å². The molecule has 0 aliphatic carbocycles. The molecule has 10 nitrogen and oxygen atoms in total. The predicted octanol–water partition coefficient (Wildman–Crippen LogP) is 5.81. The first-order valence-corrected chi connectivity index (χ1v) is 24.0. The number of halogens is 2. The van der Waals surface area contributed by atoms with E-state index in [4.69, 9.17) is 37.4 Å². The zero-order valence-electron chi connectivity index (χ0n) is 33.3. The molecule has 4 aliphatic rings. The van der Waals surface area contributed by atoms with Crippen molar-refractivity contribution >= 4 is 50.9 Å². The Hall–Kier alpha value is -1.61. The number of rotatable bonds is 10. The van der Waals surface area contributed by atoms with Crippen LogP contribution in [0.5, 0.6) is 0 Å². The molecule has 0 radical (unpaired) electrons. The minimum absolute atomic E-state index is 0.0174. The first-order valence-electron chi connectivity index (χ1n) is 19.7. The number of nitrogens with zero attached hydrogens (tertiary/aromatic N) is 3. The Balaban J connectivity index is 0.000000218. The molecule has 4 aliphatic heterocycles. The van der Waals surface area contributed by atoms with E-state index in [0.717, 1.165) is 61.9 Å². The van der Waals surface area contributed by atoms with Crippen LogP contribution in [0.4, 0.5) is 4.79 Å². The quantitative estimate of drug-likeness (QED) is 0.318. The topological polar surface area (TPSA) is 101 Å². The Morgan fingerprint density at radius 3 is 1.56 bits per heavy atom. The molecule has 308 valence electrons. The van der Waals surface area contributed by atoms with Crippen molar-refractivity contribution in [3.05, 3.63) is 69.7 Å². The number of benzene rings is 2. The lowest BCUT2D eigenvalue weighted by Gasteiger charge is -2.46. The Labute approximate surface area is 344 Å². The summed E-state index contributed by atoms with van der Waals surface area (Å²) in [5.41, 5.74) is 2.04. The van der Waals surface area contributed by atoms with Crippen LogP contribution in [0.3, 0.4) is 0 Å². The van der Waals surface area contributed by atoms with E-state index in [1.54, 1.807) is 12.5 Å². The highest BCUT2D eigenvalue weighted by atomic mass is 35.5. The Bertz CT molecular complexity index is 1530. The van der Waals surface area contributed by atoms with Gasteiger partial charge in [-0.05, 0) is 108 Å². The van der Waals surface area contributed by atoms with Crippen molar-refractivity contribution in [3.8, 4) is 0 Å². The summed E-state index contributed by atoms with van der Waals surface area (Å²) in [4.78, 5) is 19.4. The van der Waals surface area contributed by atoms with Crippen molar-refractivity contribution in [1.29, 1.82) is 0 Å². The number of likely N-dealkylation sites (tertiary alicyclic amines) is 1. The number of piperidine rings is 2. The number of hydrogen-bond acceptors (Lipinski definition) is 9. The molecule has 14 heteroatoms. The second-order valence-corrected chi connectivity index (χ2v) is 20.3. The summed E-state index contributed by atoms with van der Waals surface area (Å²) < 4.78 is 41.0. The third kappa shape index (κ3) is 14.6. The first kappa shape index (κ1) is 44.5. The Morgan fingerprint density at radius 1 is 0.745 bits per heavy atom. The van der Waals surface area contributed by atoms with Crippen molar-refractivity contribution in [2.75, 3.05) is 76.5 Å². The normalized spacial score (nSPS) is 26.1. The van der Waals surface area contributed by atoms with Crippen LogP contribution in [0.15, 0.2) is 48.5 Å². The average molecular weight is 842 g/mol. The molecule has 6 rings (SSSR count). The second kappa shape index (κ2) is 21.4. The molecule has 2 unspecified atom stereocenters. The van der Waals surface area contributed by atoms with E-state index in [0.29, 0.717) is 55.9 Å². The van der Waals surface area contributed by atoms with Gasteiger partial charge in [0.25, 0.3) is 0 Å². The summed E-state index contributed by atoms with van der Waals surface area (Å²) in [7, 11) is -1.71. The minimum atomic E-state index is -0.892. The minimum Gasteiger partial charge on any atom is -0.444 e. The molecule has 6 atom stereocenters. The molecule has 0 aromatic heterocycles. The van der Waals surface area contributed by atoms with E-state index >= 15 is 0 Å². The summed E-state index contributed by atoms with van der Waals surface area (Å²) >= 11 is 12.0. The maximum Gasteiger partial charge on any atom is 0.410 e. The van der Waals surface area contributed by atoms with Crippen molar-refractivity contribution in [3.63, 3.8) is 0 Å². The van der Waals surface area contributed by atoms with Crippen LogP contribution < -0.4 is 5.32 Å². The fraction of sp³-hybridized carbons (Fsp3) is 0.683. The number of carbonyl (C=O) groups is 1. The molecule has 4 fully saturated rings. The van der Waals surface area contributed by atoms with E-state index in [2.05, 4.69) is 39.4 Å². The summed E-state index contributed by atoms with van der Waals surface area (Å²) in [6, 6.07) is 17.7. The monoisotopic (exact) mass is 840 g/mol. The number of morpholine rings is 2. The molecule has 1 amide bonds. The van der Waals surface area contributed by atoms with Gasteiger partial charge in [-0.25, -0.2) is 4.79 Å². The zero-order chi connectivity index (χ0) is 39.5. The molecule has 55 heavy (non-hydrogen) atoms. The average Bonchev–Trinajstić information content (AvgIpc) is 3.14. The Morgan fingerprint density at radius 2 is 1.16 bits per heavy atom. The lowest BCUT2D eigenvalue weighted by Crippen LogP contribution is -2.58. The van der Waals surface area contributed by atoms with Crippen molar-refractivity contribution < 1.29 is 27.4 Å². The summed E-state index contributed by atoms with van der Waals surface area (Å²) in [5, 5.41) is 4.96. The van der Waals surface area contributed by atoms with Gasteiger partial charge >= 0.3 is 6.09 Å². The van der Waals surface area contributed by atoms with Gasteiger partial charge in [0.15, 0.2) is 0 Å². The van der Waals surface area contributed by atoms with E-state index in [9.17, 15) is 13.2 Å². The summed E-state index contributed by atoms with van der Waals surface area (Å²) in [6.07, 6.45) is 9.35. The standard InChI is InChI=1S/C23H35ClN2O4S.C18H27ClN2O2S/c1-23(2,3)30-22(27)25-11-9-19(10-12-25)26-14-21(16-31(4)28)29-15-20(26)13-17-5-7-18(24)8-6-17;1-24(22)13-18-11-21(16-6-8-20-9-7-16)17(12-23-18)10-14-2-4-15(19)5-3-14/h5-8,19-21H,9-16H2,1-4H3;2-5,16-18,20H,6-13H2,1H3/t20-,21+,31?;17-,18+,24?/m00/s1. The van der Waals surface area contributed by atoms with Gasteiger partial charge in [0, 0.05) is 94.5 Å². The second-order valence-electron chi connectivity index (χ2n) is 16.4.